The molecule has 21 heavy (non-hydrogen) atoms. The highest BCUT2D eigenvalue weighted by molar-refractivity contribution is 5.85. The summed E-state index contributed by atoms with van der Waals surface area (Å²) in [5.41, 5.74) is 1.31. The lowest BCUT2D eigenvalue weighted by Gasteiger charge is -2.08. The molecule has 0 aromatic heterocycles. The Bertz CT molecular complexity index is 671. The smallest absolute Gasteiger partial charge is 0.416 e. The van der Waals surface area contributed by atoms with Crippen LogP contribution in [0.15, 0.2) is 54.6 Å². The summed E-state index contributed by atoms with van der Waals surface area (Å²) in [4.78, 5) is 10.5. The molecule has 2 nitrogen and oxygen atoms in total. The molecule has 0 heterocycles. The predicted octanol–water partition coefficient (Wildman–Crippen LogP) is 4.47. The second-order valence-corrected chi connectivity index (χ2v) is 4.37. The van der Waals surface area contributed by atoms with Crippen molar-refractivity contribution in [3.05, 3.63) is 65.7 Å². The van der Waals surface area contributed by atoms with Gasteiger partial charge in [-0.3, -0.25) is 0 Å². The highest BCUT2D eigenvalue weighted by Gasteiger charge is 2.29. The maximum Gasteiger partial charge on any atom is 0.416 e. The Labute approximate surface area is 119 Å². The minimum absolute atomic E-state index is 0.633. The highest BCUT2D eigenvalue weighted by Crippen LogP contribution is 2.31. The maximum atomic E-state index is 12.5. The Balaban J connectivity index is 2.30. The van der Waals surface area contributed by atoms with Crippen molar-refractivity contribution in [3.63, 3.8) is 0 Å². The summed E-state index contributed by atoms with van der Waals surface area (Å²) < 4.78 is 37.5. The second-order valence-electron chi connectivity index (χ2n) is 4.37. The molecule has 0 saturated heterocycles. The van der Waals surface area contributed by atoms with Crippen molar-refractivity contribution >= 4 is 12.0 Å². The number of rotatable bonds is 3. The number of carboxylic acids is 1. The number of hydrogen-bond acceptors (Lipinski definition) is 1. The summed E-state index contributed by atoms with van der Waals surface area (Å²) in [6.07, 6.45) is -1.92. The molecule has 0 fully saturated rings. The molecule has 0 bridgehead atoms. The van der Waals surface area contributed by atoms with Crippen LogP contribution in [0.3, 0.4) is 0 Å². The van der Waals surface area contributed by atoms with Crippen molar-refractivity contribution < 1.29 is 23.1 Å². The normalized spacial score (nSPS) is 11.8. The predicted molar refractivity (Wildman–Crippen MR) is 73.5 cm³/mol. The van der Waals surface area contributed by atoms with Gasteiger partial charge in [0.25, 0.3) is 0 Å². The Morgan fingerprint density at radius 1 is 1.00 bits per heavy atom. The van der Waals surface area contributed by atoms with Gasteiger partial charge in [-0.2, -0.15) is 13.2 Å². The zero-order valence-corrected chi connectivity index (χ0v) is 10.8. The van der Waals surface area contributed by atoms with E-state index in [9.17, 15) is 18.0 Å². The van der Waals surface area contributed by atoms with Crippen LogP contribution in [0.5, 0.6) is 0 Å². The van der Waals surface area contributed by atoms with Gasteiger partial charge in [-0.05, 0) is 41.0 Å². The van der Waals surface area contributed by atoms with Crippen LogP contribution in [0, 0.1) is 0 Å². The lowest BCUT2D eigenvalue weighted by atomic mass is 10.0. The molecule has 0 amide bonds. The Hall–Kier alpha value is -2.56. The Kier molecular flexibility index (Phi) is 4.12. The number of hydrogen-bond donors (Lipinski definition) is 1. The van der Waals surface area contributed by atoms with Crippen LogP contribution < -0.4 is 0 Å². The van der Waals surface area contributed by atoms with Gasteiger partial charge < -0.3 is 5.11 Å². The summed E-state index contributed by atoms with van der Waals surface area (Å²) >= 11 is 0. The first-order chi connectivity index (χ1) is 9.86. The number of alkyl halides is 3. The van der Waals surface area contributed by atoms with Crippen molar-refractivity contribution in [3.8, 4) is 11.1 Å². The van der Waals surface area contributed by atoms with Crippen LogP contribution in [0.1, 0.15) is 11.1 Å². The molecule has 0 aliphatic rings. The van der Waals surface area contributed by atoms with Gasteiger partial charge in [0.2, 0.25) is 0 Å². The quantitative estimate of drug-likeness (QED) is 0.847. The van der Waals surface area contributed by atoms with Crippen LogP contribution in [0.25, 0.3) is 17.2 Å². The molecule has 0 aliphatic heterocycles. The fourth-order valence-electron chi connectivity index (χ4n) is 1.84. The van der Waals surface area contributed by atoms with Crippen LogP contribution in [-0.2, 0) is 11.0 Å². The summed E-state index contributed by atoms with van der Waals surface area (Å²) in [6.45, 7) is 0. The molecule has 0 unspecified atom stereocenters. The van der Waals surface area contributed by atoms with Gasteiger partial charge in [-0.25, -0.2) is 4.79 Å². The summed E-state index contributed by atoms with van der Waals surface area (Å²) in [5.74, 6) is -1.06. The third kappa shape index (κ3) is 3.95. The van der Waals surface area contributed by atoms with Crippen LogP contribution >= 0.6 is 0 Å². The second kappa shape index (κ2) is 5.83. The van der Waals surface area contributed by atoms with E-state index in [4.69, 9.17) is 5.11 Å². The maximum absolute atomic E-state index is 12.5. The first-order valence-corrected chi connectivity index (χ1v) is 6.05. The van der Waals surface area contributed by atoms with Crippen molar-refractivity contribution in [1.29, 1.82) is 0 Å². The number of carboxylic acid groups (broad SMARTS) is 1. The molecule has 0 spiro atoms. The molecule has 0 aliphatic carbocycles. The summed E-state index contributed by atoms with van der Waals surface area (Å²) in [5, 5.41) is 8.57. The van der Waals surface area contributed by atoms with E-state index >= 15 is 0 Å². The lowest BCUT2D eigenvalue weighted by molar-refractivity contribution is -0.137. The van der Waals surface area contributed by atoms with E-state index in [1.165, 1.54) is 18.2 Å². The fraction of sp³-hybridized carbons (Fsp3) is 0.0625. The monoisotopic (exact) mass is 292 g/mol. The zero-order chi connectivity index (χ0) is 15.5. The van der Waals surface area contributed by atoms with Gasteiger partial charge in [-0.15, -0.1) is 0 Å². The van der Waals surface area contributed by atoms with Crippen molar-refractivity contribution in [2.24, 2.45) is 0 Å². The van der Waals surface area contributed by atoms with E-state index in [-0.39, 0.29) is 0 Å². The largest absolute Gasteiger partial charge is 0.478 e. The SMILES string of the molecule is O=C(O)/C=C\c1cccc(-c2ccc(C(F)(F)F)cc2)c1. The topological polar surface area (TPSA) is 37.3 Å². The van der Waals surface area contributed by atoms with Crippen molar-refractivity contribution in [2.75, 3.05) is 0 Å². The third-order valence-electron chi connectivity index (χ3n) is 2.85. The van der Waals surface area contributed by atoms with Gasteiger partial charge in [0.1, 0.15) is 0 Å². The molecule has 5 heteroatoms. The third-order valence-corrected chi connectivity index (χ3v) is 2.85. The van der Waals surface area contributed by atoms with E-state index < -0.39 is 17.7 Å². The lowest BCUT2D eigenvalue weighted by Crippen LogP contribution is -2.03. The van der Waals surface area contributed by atoms with E-state index in [1.54, 1.807) is 24.3 Å². The molecular weight excluding hydrogens is 281 g/mol. The summed E-state index contributed by atoms with van der Waals surface area (Å²) in [6, 6.07) is 11.7. The van der Waals surface area contributed by atoms with Gasteiger partial charge in [0, 0.05) is 6.08 Å². The molecule has 108 valence electrons. The van der Waals surface area contributed by atoms with Crippen LogP contribution in [0.2, 0.25) is 0 Å². The Morgan fingerprint density at radius 3 is 2.24 bits per heavy atom. The van der Waals surface area contributed by atoms with E-state index in [0.717, 1.165) is 23.8 Å². The number of halogens is 3. The molecule has 2 rings (SSSR count). The van der Waals surface area contributed by atoms with Crippen LogP contribution in [-0.4, -0.2) is 11.1 Å². The standard InChI is InChI=1S/C16H11F3O2/c17-16(18,19)14-7-5-12(6-8-14)13-3-1-2-11(10-13)4-9-15(20)21/h1-10H,(H,20,21)/b9-4-. The van der Waals surface area contributed by atoms with Crippen molar-refractivity contribution in [2.45, 2.75) is 6.18 Å². The van der Waals surface area contributed by atoms with Gasteiger partial charge in [0.05, 0.1) is 5.56 Å². The summed E-state index contributed by atoms with van der Waals surface area (Å²) in [7, 11) is 0. The average Bonchev–Trinajstić information content (AvgIpc) is 2.45. The van der Waals surface area contributed by atoms with E-state index in [1.807, 2.05) is 0 Å². The minimum Gasteiger partial charge on any atom is -0.478 e. The molecule has 0 saturated carbocycles. The molecule has 2 aromatic rings. The Morgan fingerprint density at radius 2 is 1.67 bits per heavy atom. The number of benzene rings is 2. The molecule has 0 radical (unpaired) electrons. The molecule has 0 atom stereocenters. The van der Waals surface area contributed by atoms with Gasteiger partial charge in [-0.1, -0.05) is 30.3 Å². The average molecular weight is 292 g/mol. The molecular formula is C16H11F3O2. The molecule has 1 N–H and O–H groups in total. The number of carbonyl (C=O) groups is 1. The minimum atomic E-state index is -4.36. The first-order valence-electron chi connectivity index (χ1n) is 6.05. The zero-order valence-electron chi connectivity index (χ0n) is 10.8. The highest BCUT2D eigenvalue weighted by atomic mass is 19.4. The van der Waals surface area contributed by atoms with Crippen LogP contribution in [0.4, 0.5) is 13.2 Å². The van der Waals surface area contributed by atoms with E-state index in [0.29, 0.717) is 11.1 Å². The first kappa shape index (κ1) is 14.8. The van der Waals surface area contributed by atoms with Gasteiger partial charge in [0.15, 0.2) is 0 Å². The molecule has 2 aromatic carbocycles. The van der Waals surface area contributed by atoms with E-state index in [2.05, 4.69) is 0 Å². The fourth-order valence-corrected chi connectivity index (χ4v) is 1.84. The van der Waals surface area contributed by atoms with Gasteiger partial charge >= 0.3 is 12.1 Å². The van der Waals surface area contributed by atoms with Crippen molar-refractivity contribution in [1.82, 2.24) is 0 Å². The number of aliphatic carboxylic acids is 1.